The molecule has 1 aromatic rings. The number of allylic oxidation sites excluding steroid dienone is 1. The summed E-state index contributed by atoms with van der Waals surface area (Å²) in [6.07, 6.45) is 12.0. The third-order valence-corrected chi connectivity index (χ3v) is 4.02. The molecule has 18 heavy (non-hydrogen) atoms. The quantitative estimate of drug-likeness (QED) is 0.396. The molecule has 0 fully saturated rings. The van der Waals surface area contributed by atoms with Crippen LogP contribution in [0.5, 0.6) is 5.75 Å². The molecule has 0 amide bonds. The smallest absolute Gasteiger partial charge is 0.148 e. The first kappa shape index (κ1) is 15.1. The van der Waals surface area contributed by atoms with E-state index in [-0.39, 0.29) is 0 Å². The van der Waals surface area contributed by atoms with Crippen LogP contribution in [-0.2, 0) is 0 Å². The fourth-order valence-electron chi connectivity index (χ4n) is 1.54. The highest BCUT2D eigenvalue weighted by molar-refractivity contribution is 14.1. The van der Waals surface area contributed by atoms with Crippen LogP contribution in [-0.4, -0.2) is 11.0 Å². The number of alkyl halides is 1. The summed E-state index contributed by atoms with van der Waals surface area (Å²) in [5.74, 6) is 4.07. The van der Waals surface area contributed by atoms with Crippen molar-refractivity contribution in [3.8, 4) is 18.1 Å². The lowest BCUT2D eigenvalue weighted by Crippen LogP contribution is -1.97. The third kappa shape index (κ3) is 5.59. The Labute approximate surface area is 124 Å². The highest BCUT2D eigenvalue weighted by Crippen LogP contribution is 2.16. The maximum absolute atomic E-state index is 5.33. The van der Waals surface area contributed by atoms with Gasteiger partial charge in [-0.3, -0.25) is 0 Å². The Morgan fingerprint density at radius 1 is 1.39 bits per heavy atom. The number of hydrogen-bond acceptors (Lipinski definition) is 1. The number of terminal acetylenes is 1. The lowest BCUT2D eigenvalue weighted by Gasteiger charge is -2.06. The van der Waals surface area contributed by atoms with Gasteiger partial charge in [0, 0.05) is 4.43 Å². The standard InChI is InChI=1S/C16H19IO/c1-3-12-18-16-10-8-15(9-11-16)7-5-6-14(4-2)13-17/h1,5,7-11,14H,4,6,12-13H2,2H3/b7-5+/t14-/m0/s1. The SMILES string of the molecule is C#CCOc1ccc(/C=C/C[C@H](CC)CI)cc1. The Bertz CT molecular complexity index is 396. The van der Waals surface area contributed by atoms with Crippen LogP contribution in [0.25, 0.3) is 6.08 Å². The summed E-state index contributed by atoms with van der Waals surface area (Å²) in [5.41, 5.74) is 1.20. The number of halogens is 1. The summed E-state index contributed by atoms with van der Waals surface area (Å²) in [6.45, 7) is 2.57. The van der Waals surface area contributed by atoms with Gasteiger partial charge in [-0.25, -0.2) is 0 Å². The normalized spacial score (nSPS) is 12.3. The fourth-order valence-corrected chi connectivity index (χ4v) is 2.52. The molecule has 0 aliphatic heterocycles. The van der Waals surface area contributed by atoms with Crippen molar-refractivity contribution >= 4 is 28.7 Å². The van der Waals surface area contributed by atoms with Crippen LogP contribution in [0.15, 0.2) is 30.3 Å². The average molecular weight is 354 g/mol. The van der Waals surface area contributed by atoms with Gasteiger partial charge in [-0.2, -0.15) is 0 Å². The Morgan fingerprint density at radius 2 is 2.11 bits per heavy atom. The van der Waals surface area contributed by atoms with E-state index < -0.39 is 0 Å². The van der Waals surface area contributed by atoms with E-state index >= 15 is 0 Å². The number of ether oxygens (including phenoxy) is 1. The molecule has 0 aromatic heterocycles. The monoisotopic (exact) mass is 354 g/mol. The Kier molecular flexibility index (Phi) is 7.59. The predicted molar refractivity (Wildman–Crippen MR) is 87.1 cm³/mol. The lowest BCUT2D eigenvalue weighted by atomic mass is 10.0. The zero-order valence-electron chi connectivity index (χ0n) is 10.7. The van der Waals surface area contributed by atoms with Crippen molar-refractivity contribution in [2.24, 2.45) is 5.92 Å². The van der Waals surface area contributed by atoms with Crippen LogP contribution in [0, 0.1) is 18.3 Å². The summed E-state index contributed by atoms with van der Waals surface area (Å²) in [4.78, 5) is 0. The van der Waals surface area contributed by atoms with Crippen LogP contribution < -0.4 is 4.74 Å². The van der Waals surface area contributed by atoms with E-state index in [1.54, 1.807) is 0 Å². The largest absolute Gasteiger partial charge is 0.481 e. The van der Waals surface area contributed by atoms with E-state index in [0.29, 0.717) is 6.61 Å². The zero-order valence-corrected chi connectivity index (χ0v) is 12.9. The van der Waals surface area contributed by atoms with E-state index in [1.807, 2.05) is 24.3 Å². The minimum absolute atomic E-state index is 0.322. The van der Waals surface area contributed by atoms with Crippen LogP contribution in [0.4, 0.5) is 0 Å². The van der Waals surface area contributed by atoms with E-state index in [4.69, 9.17) is 11.2 Å². The Morgan fingerprint density at radius 3 is 2.67 bits per heavy atom. The van der Waals surface area contributed by atoms with E-state index in [2.05, 4.69) is 47.6 Å². The second-order valence-corrected chi connectivity index (χ2v) is 5.01. The summed E-state index contributed by atoms with van der Waals surface area (Å²) in [7, 11) is 0. The molecule has 1 rings (SSSR count). The van der Waals surface area contributed by atoms with Gasteiger partial charge in [-0.1, -0.05) is 66.1 Å². The van der Waals surface area contributed by atoms with Crippen molar-refractivity contribution < 1.29 is 4.74 Å². The van der Waals surface area contributed by atoms with Gasteiger partial charge in [0.1, 0.15) is 12.4 Å². The summed E-state index contributed by atoms with van der Waals surface area (Å²) < 4.78 is 6.55. The van der Waals surface area contributed by atoms with E-state index in [0.717, 1.165) is 18.1 Å². The van der Waals surface area contributed by atoms with Crippen molar-refractivity contribution in [3.05, 3.63) is 35.9 Å². The molecule has 0 saturated carbocycles. The Hall–Kier alpha value is -0.950. The van der Waals surface area contributed by atoms with Gasteiger partial charge < -0.3 is 4.74 Å². The summed E-state index contributed by atoms with van der Waals surface area (Å²) in [6, 6.07) is 8.00. The maximum Gasteiger partial charge on any atom is 0.148 e. The highest BCUT2D eigenvalue weighted by atomic mass is 127. The molecule has 2 heteroatoms. The molecule has 1 nitrogen and oxygen atoms in total. The molecule has 0 N–H and O–H groups in total. The van der Waals surface area contributed by atoms with Crippen molar-refractivity contribution in [3.63, 3.8) is 0 Å². The molecule has 0 spiro atoms. The molecule has 1 atom stereocenters. The number of hydrogen-bond donors (Lipinski definition) is 0. The first-order valence-electron chi connectivity index (χ1n) is 6.19. The van der Waals surface area contributed by atoms with Crippen molar-refractivity contribution in [2.45, 2.75) is 19.8 Å². The fraction of sp³-hybridized carbons (Fsp3) is 0.375. The number of benzene rings is 1. The molecule has 0 unspecified atom stereocenters. The number of rotatable bonds is 7. The average Bonchev–Trinajstić information content (AvgIpc) is 2.42. The van der Waals surface area contributed by atoms with Gasteiger partial charge in [0.25, 0.3) is 0 Å². The third-order valence-electron chi connectivity index (χ3n) is 2.78. The molecular formula is C16H19IO. The molecule has 1 aromatic carbocycles. The van der Waals surface area contributed by atoms with Crippen molar-refractivity contribution in [2.75, 3.05) is 11.0 Å². The predicted octanol–water partition coefficient (Wildman–Crippen LogP) is 4.56. The van der Waals surface area contributed by atoms with Gasteiger partial charge in [-0.05, 0) is 30.0 Å². The van der Waals surface area contributed by atoms with Crippen LogP contribution >= 0.6 is 22.6 Å². The van der Waals surface area contributed by atoms with Crippen molar-refractivity contribution in [1.29, 1.82) is 0 Å². The molecule has 0 aliphatic carbocycles. The lowest BCUT2D eigenvalue weighted by molar-refractivity contribution is 0.370. The molecule has 0 saturated heterocycles. The van der Waals surface area contributed by atoms with E-state index in [1.165, 1.54) is 16.4 Å². The topological polar surface area (TPSA) is 9.23 Å². The second kappa shape index (κ2) is 9.04. The molecule has 0 aliphatic rings. The molecule has 96 valence electrons. The molecule has 0 bridgehead atoms. The minimum atomic E-state index is 0.322. The van der Waals surface area contributed by atoms with Gasteiger partial charge in [-0.15, -0.1) is 6.42 Å². The van der Waals surface area contributed by atoms with Gasteiger partial charge >= 0.3 is 0 Å². The molecule has 0 radical (unpaired) electrons. The van der Waals surface area contributed by atoms with Gasteiger partial charge in [0.05, 0.1) is 0 Å². The summed E-state index contributed by atoms with van der Waals surface area (Å²) >= 11 is 2.45. The first-order valence-corrected chi connectivity index (χ1v) is 7.71. The highest BCUT2D eigenvalue weighted by Gasteiger charge is 2.00. The second-order valence-electron chi connectivity index (χ2n) is 4.13. The molecule has 0 heterocycles. The van der Waals surface area contributed by atoms with Crippen LogP contribution in [0.1, 0.15) is 25.3 Å². The zero-order chi connectivity index (χ0) is 13.2. The van der Waals surface area contributed by atoms with Crippen LogP contribution in [0.3, 0.4) is 0 Å². The van der Waals surface area contributed by atoms with Crippen molar-refractivity contribution in [1.82, 2.24) is 0 Å². The van der Waals surface area contributed by atoms with E-state index in [9.17, 15) is 0 Å². The van der Waals surface area contributed by atoms with Gasteiger partial charge in [0.2, 0.25) is 0 Å². The summed E-state index contributed by atoms with van der Waals surface area (Å²) in [5, 5.41) is 0. The van der Waals surface area contributed by atoms with Gasteiger partial charge in [0.15, 0.2) is 0 Å². The minimum Gasteiger partial charge on any atom is -0.481 e. The molecular weight excluding hydrogens is 335 g/mol. The Balaban J connectivity index is 2.48. The maximum atomic E-state index is 5.33. The van der Waals surface area contributed by atoms with Crippen LogP contribution in [0.2, 0.25) is 0 Å². The first-order chi connectivity index (χ1) is 8.80.